The van der Waals surface area contributed by atoms with E-state index in [4.69, 9.17) is 0 Å². The summed E-state index contributed by atoms with van der Waals surface area (Å²) >= 11 is 0. The zero-order valence-corrected chi connectivity index (χ0v) is 17.0. The molecule has 1 atom stereocenters. The fourth-order valence-electron chi connectivity index (χ4n) is 4.17. The summed E-state index contributed by atoms with van der Waals surface area (Å²) in [5.74, 6) is 0.901. The molecular weight excluding hydrogens is 370 g/mol. The maximum atomic E-state index is 12.6. The van der Waals surface area contributed by atoms with Crippen molar-refractivity contribution in [1.29, 1.82) is 0 Å². The summed E-state index contributed by atoms with van der Waals surface area (Å²) in [4.78, 5) is 31.4. The smallest absolute Gasteiger partial charge is 0.266 e. The zero-order chi connectivity index (χ0) is 20.2. The Hall–Kier alpha value is -2.52. The van der Waals surface area contributed by atoms with Gasteiger partial charge in [0.15, 0.2) is 5.82 Å². The molecule has 2 aromatic heterocycles. The van der Waals surface area contributed by atoms with Gasteiger partial charge in [0.05, 0.1) is 12.6 Å². The first-order valence-electron chi connectivity index (χ1n) is 10.4. The van der Waals surface area contributed by atoms with Gasteiger partial charge in [-0.05, 0) is 31.4 Å². The quantitative estimate of drug-likeness (QED) is 0.707. The number of hydrogen-bond acceptors (Lipinski definition) is 6. The molecule has 0 N–H and O–H groups in total. The molecule has 2 aliphatic heterocycles. The van der Waals surface area contributed by atoms with Crippen molar-refractivity contribution >= 4 is 5.91 Å². The number of piperazine rings is 1. The van der Waals surface area contributed by atoms with Crippen LogP contribution in [0.4, 0.5) is 0 Å². The van der Waals surface area contributed by atoms with Crippen LogP contribution in [-0.4, -0.2) is 92.5 Å². The van der Waals surface area contributed by atoms with E-state index in [9.17, 15) is 9.59 Å². The first-order chi connectivity index (χ1) is 14.1. The van der Waals surface area contributed by atoms with E-state index in [1.165, 1.54) is 10.7 Å². The molecule has 29 heavy (non-hydrogen) atoms. The number of aromatic nitrogens is 4. The van der Waals surface area contributed by atoms with Crippen LogP contribution in [0.1, 0.15) is 19.3 Å². The molecule has 1 unspecified atom stereocenters. The Labute approximate surface area is 170 Å². The molecule has 0 bridgehead atoms. The van der Waals surface area contributed by atoms with E-state index < -0.39 is 0 Å². The van der Waals surface area contributed by atoms with Gasteiger partial charge in [-0.25, -0.2) is 9.36 Å². The van der Waals surface area contributed by atoms with Crippen LogP contribution in [0.25, 0.3) is 5.82 Å². The summed E-state index contributed by atoms with van der Waals surface area (Å²) in [7, 11) is 1.92. The Bertz CT molecular complexity index is 871. The number of likely N-dealkylation sites (tertiary alicyclic amines) is 1. The lowest BCUT2D eigenvalue weighted by molar-refractivity contribution is -0.135. The highest BCUT2D eigenvalue weighted by Gasteiger charge is 2.31. The van der Waals surface area contributed by atoms with Crippen LogP contribution in [0, 0.1) is 0 Å². The predicted octanol–water partition coefficient (Wildman–Crippen LogP) is 0.0575. The molecule has 0 saturated carbocycles. The van der Waals surface area contributed by atoms with Gasteiger partial charge in [0, 0.05) is 64.8 Å². The van der Waals surface area contributed by atoms with Gasteiger partial charge in [0.25, 0.3) is 5.56 Å². The van der Waals surface area contributed by atoms with E-state index >= 15 is 0 Å². The van der Waals surface area contributed by atoms with Crippen LogP contribution >= 0.6 is 0 Å². The molecule has 0 aliphatic carbocycles. The third-order valence-electron chi connectivity index (χ3n) is 5.95. The molecule has 0 aromatic carbocycles. The first kappa shape index (κ1) is 19.8. The third kappa shape index (κ3) is 4.56. The Morgan fingerprint density at radius 2 is 1.86 bits per heavy atom. The second-order valence-electron chi connectivity index (χ2n) is 7.85. The summed E-state index contributed by atoms with van der Waals surface area (Å²) in [6.45, 7) is 5.76. The third-order valence-corrected chi connectivity index (χ3v) is 5.95. The average Bonchev–Trinajstić information content (AvgIpc) is 3.22. The topological polar surface area (TPSA) is 79.5 Å². The predicted molar refractivity (Wildman–Crippen MR) is 109 cm³/mol. The number of rotatable bonds is 5. The molecule has 4 heterocycles. The van der Waals surface area contributed by atoms with Crippen LogP contribution in [0.5, 0.6) is 0 Å². The number of amides is 1. The number of likely N-dealkylation sites (N-methyl/N-ethyl adjacent to an activating group) is 1. The Kier molecular flexibility index (Phi) is 6.05. The molecule has 156 valence electrons. The number of hydrogen-bond donors (Lipinski definition) is 0. The highest BCUT2D eigenvalue weighted by molar-refractivity contribution is 5.81. The van der Waals surface area contributed by atoms with Crippen molar-refractivity contribution in [2.24, 2.45) is 0 Å². The van der Waals surface area contributed by atoms with E-state index in [2.05, 4.69) is 20.0 Å². The number of nitrogens with zero attached hydrogens (tertiary/aromatic N) is 7. The maximum Gasteiger partial charge on any atom is 0.266 e. The van der Waals surface area contributed by atoms with Gasteiger partial charge in [0.2, 0.25) is 5.91 Å². The van der Waals surface area contributed by atoms with Crippen LogP contribution in [0.3, 0.4) is 0 Å². The minimum Gasteiger partial charge on any atom is -0.344 e. The maximum absolute atomic E-state index is 12.6. The lowest BCUT2D eigenvalue weighted by Crippen LogP contribution is -2.55. The van der Waals surface area contributed by atoms with Crippen LogP contribution in [0.2, 0.25) is 0 Å². The van der Waals surface area contributed by atoms with Gasteiger partial charge in [0.1, 0.15) is 0 Å². The van der Waals surface area contributed by atoms with E-state index in [1.807, 2.05) is 24.2 Å². The van der Waals surface area contributed by atoms with Crippen molar-refractivity contribution in [3.8, 4) is 5.82 Å². The van der Waals surface area contributed by atoms with Crippen molar-refractivity contribution in [2.75, 3.05) is 46.3 Å². The fraction of sp³-hybridized carbons (Fsp3) is 0.600. The number of carbonyl (C=O) groups excluding carboxylic acids is 1. The second kappa shape index (κ2) is 8.87. The lowest BCUT2D eigenvalue weighted by atomic mass is 10.1. The largest absolute Gasteiger partial charge is 0.344 e. The summed E-state index contributed by atoms with van der Waals surface area (Å²) in [5, 5.41) is 8.60. The van der Waals surface area contributed by atoms with E-state index in [-0.39, 0.29) is 17.5 Å². The fourth-order valence-corrected chi connectivity index (χ4v) is 4.17. The molecule has 0 radical (unpaired) electrons. The second-order valence-corrected chi connectivity index (χ2v) is 7.85. The molecule has 9 heteroatoms. The van der Waals surface area contributed by atoms with Gasteiger partial charge in [-0.1, -0.05) is 0 Å². The lowest BCUT2D eigenvalue weighted by Gasteiger charge is -2.39. The van der Waals surface area contributed by atoms with Gasteiger partial charge in [-0.15, -0.1) is 5.10 Å². The molecule has 2 aromatic rings. The highest BCUT2D eigenvalue weighted by atomic mass is 16.2. The first-order valence-corrected chi connectivity index (χ1v) is 10.4. The van der Waals surface area contributed by atoms with Gasteiger partial charge >= 0.3 is 0 Å². The van der Waals surface area contributed by atoms with Crippen LogP contribution < -0.4 is 5.56 Å². The molecule has 4 rings (SSSR count). The molecule has 1 amide bonds. The molecule has 2 saturated heterocycles. The van der Waals surface area contributed by atoms with Crippen molar-refractivity contribution in [3.63, 3.8) is 0 Å². The standard InChI is InChI=1S/C20H29N7O2/c1-23-9-3-2-5-17(20(23)29)25-14-11-24(12-15-25)13-16-27-19(28)7-6-18(22-27)26-10-4-8-21-26/h4,6-8,10,17H,2-3,5,9,11-16H2,1H3. The van der Waals surface area contributed by atoms with E-state index in [1.54, 1.807) is 16.9 Å². The normalized spacial score (nSPS) is 22.0. The molecular formula is C20H29N7O2. The zero-order valence-electron chi connectivity index (χ0n) is 17.0. The van der Waals surface area contributed by atoms with Crippen molar-refractivity contribution in [3.05, 3.63) is 40.9 Å². The van der Waals surface area contributed by atoms with Crippen LogP contribution in [-0.2, 0) is 11.3 Å². The summed E-state index contributed by atoms with van der Waals surface area (Å²) < 4.78 is 3.16. The minimum absolute atomic E-state index is 0.0275. The average molecular weight is 399 g/mol. The SMILES string of the molecule is CN1CCCCC(N2CCN(CCn3nc(-n4cccn4)ccc3=O)CC2)C1=O. The molecule has 9 nitrogen and oxygen atoms in total. The summed E-state index contributed by atoms with van der Waals surface area (Å²) in [6, 6.07) is 5.08. The Morgan fingerprint density at radius 3 is 2.62 bits per heavy atom. The van der Waals surface area contributed by atoms with E-state index in [0.29, 0.717) is 12.4 Å². The van der Waals surface area contributed by atoms with Crippen LogP contribution in [0.15, 0.2) is 35.4 Å². The van der Waals surface area contributed by atoms with E-state index in [0.717, 1.165) is 58.5 Å². The van der Waals surface area contributed by atoms with Crippen molar-refractivity contribution < 1.29 is 4.79 Å². The summed E-state index contributed by atoms with van der Waals surface area (Å²) in [6.07, 6.45) is 6.67. The Morgan fingerprint density at radius 1 is 1.03 bits per heavy atom. The highest BCUT2D eigenvalue weighted by Crippen LogP contribution is 2.18. The minimum atomic E-state index is -0.105. The summed E-state index contributed by atoms with van der Waals surface area (Å²) in [5.41, 5.74) is -0.105. The number of carbonyl (C=O) groups is 1. The van der Waals surface area contributed by atoms with Gasteiger partial charge < -0.3 is 4.90 Å². The van der Waals surface area contributed by atoms with Crippen molar-refractivity contribution in [1.82, 2.24) is 34.3 Å². The molecule has 2 fully saturated rings. The molecule has 0 spiro atoms. The molecule has 2 aliphatic rings. The monoisotopic (exact) mass is 399 g/mol. The Balaban J connectivity index is 1.32. The van der Waals surface area contributed by atoms with Crippen molar-refractivity contribution in [2.45, 2.75) is 31.8 Å². The van der Waals surface area contributed by atoms with Gasteiger partial charge in [-0.2, -0.15) is 5.10 Å². The van der Waals surface area contributed by atoms with Gasteiger partial charge in [-0.3, -0.25) is 19.4 Å².